The summed E-state index contributed by atoms with van der Waals surface area (Å²) in [5.41, 5.74) is 1.92. The quantitative estimate of drug-likeness (QED) is 0.667. The van der Waals surface area contributed by atoms with Gasteiger partial charge in [0.25, 0.3) is 0 Å². The summed E-state index contributed by atoms with van der Waals surface area (Å²) in [7, 11) is 1.54. The molecule has 0 atom stereocenters. The van der Waals surface area contributed by atoms with Crippen molar-refractivity contribution >= 4 is 16.9 Å². The van der Waals surface area contributed by atoms with Crippen LogP contribution in [0.1, 0.15) is 24.2 Å². The van der Waals surface area contributed by atoms with E-state index in [0.717, 1.165) is 5.56 Å². The molecule has 0 aliphatic heterocycles. The first kappa shape index (κ1) is 18.5. The maximum Gasteiger partial charge on any atom is 0.336 e. The Bertz CT molecular complexity index is 984. The Balaban J connectivity index is 2.22. The Hall–Kier alpha value is -3.28. The third kappa shape index (κ3) is 3.65. The van der Waals surface area contributed by atoms with Crippen LogP contribution >= 0.6 is 0 Å². The van der Waals surface area contributed by atoms with Gasteiger partial charge >= 0.3 is 5.97 Å². The molecule has 0 radical (unpaired) electrons. The van der Waals surface area contributed by atoms with E-state index in [1.165, 1.54) is 7.11 Å². The fourth-order valence-corrected chi connectivity index (χ4v) is 2.92. The van der Waals surface area contributed by atoms with Crippen molar-refractivity contribution in [2.75, 3.05) is 20.3 Å². The molecule has 0 spiro atoms. The molecule has 0 aliphatic carbocycles. The van der Waals surface area contributed by atoms with Crippen LogP contribution in [-0.4, -0.2) is 36.4 Å². The number of methoxy groups -OCH3 is 1. The minimum absolute atomic E-state index is 0.167. The summed E-state index contributed by atoms with van der Waals surface area (Å²) in [6.45, 7) is 4.81. The Morgan fingerprint density at radius 3 is 2.41 bits per heavy atom. The predicted octanol–water partition coefficient (Wildman–Crippen LogP) is 4.41. The molecule has 0 fully saturated rings. The molecule has 0 unspecified atom stereocenters. The van der Waals surface area contributed by atoms with Gasteiger partial charge in [-0.3, -0.25) is 0 Å². The van der Waals surface area contributed by atoms with Crippen molar-refractivity contribution < 1.29 is 24.1 Å². The topological polar surface area (TPSA) is 77.9 Å². The molecule has 140 valence electrons. The molecule has 2 aromatic carbocycles. The molecule has 1 N–H and O–H groups in total. The van der Waals surface area contributed by atoms with Crippen LogP contribution in [0.15, 0.2) is 42.5 Å². The van der Waals surface area contributed by atoms with E-state index in [2.05, 4.69) is 4.98 Å². The highest BCUT2D eigenvalue weighted by molar-refractivity contribution is 6.05. The molecular weight excluding hydrogens is 346 g/mol. The lowest BCUT2D eigenvalue weighted by atomic mass is 10.0. The van der Waals surface area contributed by atoms with Crippen LogP contribution in [0.2, 0.25) is 0 Å². The van der Waals surface area contributed by atoms with E-state index in [-0.39, 0.29) is 5.56 Å². The number of aromatic nitrogens is 1. The number of para-hydroxylation sites is 1. The second-order valence-electron chi connectivity index (χ2n) is 5.74. The van der Waals surface area contributed by atoms with E-state index in [1.54, 1.807) is 30.3 Å². The highest BCUT2D eigenvalue weighted by atomic mass is 16.5. The first-order valence-electron chi connectivity index (χ1n) is 8.70. The van der Waals surface area contributed by atoms with Crippen LogP contribution in [0.3, 0.4) is 0 Å². The molecule has 6 heteroatoms. The highest BCUT2D eigenvalue weighted by Crippen LogP contribution is 2.35. The van der Waals surface area contributed by atoms with Crippen molar-refractivity contribution in [2.24, 2.45) is 0 Å². The average Bonchev–Trinajstić information content (AvgIpc) is 2.68. The van der Waals surface area contributed by atoms with Gasteiger partial charge in [0.15, 0.2) is 11.5 Å². The Morgan fingerprint density at radius 1 is 1.00 bits per heavy atom. The van der Waals surface area contributed by atoms with Gasteiger partial charge in [-0.25, -0.2) is 9.78 Å². The van der Waals surface area contributed by atoms with Crippen molar-refractivity contribution in [1.29, 1.82) is 0 Å². The average molecular weight is 367 g/mol. The molecule has 0 saturated carbocycles. The maximum absolute atomic E-state index is 11.8. The molecule has 6 nitrogen and oxygen atoms in total. The third-order valence-corrected chi connectivity index (χ3v) is 4.09. The number of carboxylic acids is 1. The second-order valence-corrected chi connectivity index (χ2v) is 5.74. The van der Waals surface area contributed by atoms with Gasteiger partial charge in [0.1, 0.15) is 11.3 Å². The molecule has 3 rings (SSSR count). The Labute approximate surface area is 157 Å². The second kappa shape index (κ2) is 7.95. The zero-order chi connectivity index (χ0) is 19.4. The first-order chi connectivity index (χ1) is 13.1. The number of aromatic carboxylic acids is 1. The van der Waals surface area contributed by atoms with Gasteiger partial charge < -0.3 is 19.3 Å². The molecule has 1 heterocycles. The monoisotopic (exact) mass is 367 g/mol. The molecule has 3 aromatic rings. The van der Waals surface area contributed by atoms with Crippen LogP contribution in [0.25, 0.3) is 22.2 Å². The Morgan fingerprint density at radius 2 is 1.74 bits per heavy atom. The summed E-state index contributed by atoms with van der Waals surface area (Å²) >= 11 is 0. The fraction of sp³-hybridized carbons (Fsp3) is 0.238. The van der Waals surface area contributed by atoms with Crippen molar-refractivity contribution in [3.63, 3.8) is 0 Å². The number of ether oxygens (including phenoxy) is 3. The molecular formula is C21H21NO5. The summed E-state index contributed by atoms with van der Waals surface area (Å²) in [6.07, 6.45) is 0. The Kier molecular flexibility index (Phi) is 5.45. The zero-order valence-corrected chi connectivity index (χ0v) is 15.5. The number of carbonyl (C=O) groups is 1. The van der Waals surface area contributed by atoms with Gasteiger partial charge in [0.05, 0.1) is 31.6 Å². The van der Waals surface area contributed by atoms with E-state index in [9.17, 15) is 9.90 Å². The first-order valence-corrected chi connectivity index (χ1v) is 8.70. The predicted molar refractivity (Wildman–Crippen MR) is 103 cm³/mol. The number of pyridine rings is 1. The van der Waals surface area contributed by atoms with E-state index in [0.29, 0.717) is 47.1 Å². The number of hydrogen-bond acceptors (Lipinski definition) is 5. The van der Waals surface area contributed by atoms with Gasteiger partial charge in [-0.15, -0.1) is 0 Å². The van der Waals surface area contributed by atoms with E-state index in [1.807, 2.05) is 26.0 Å². The van der Waals surface area contributed by atoms with Crippen LogP contribution in [0.5, 0.6) is 17.2 Å². The molecule has 0 aliphatic rings. The summed E-state index contributed by atoms with van der Waals surface area (Å²) in [5.74, 6) is 0.733. The molecule has 0 bridgehead atoms. The van der Waals surface area contributed by atoms with Crippen LogP contribution < -0.4 is 14.2 Å². The van der Waals surface area contributed by atoms with Gasteiger partial charge in [0, 0.05) is 10.9 Å². The lowest BCUT2D eigenvalue weighted by molar-refractivity contribution is 0.0699. The van der Waals surface area contributed by atoms with E-state index in [4.69, 9.17) is 14.2 Å². The molecule has 1 aromatic heterocycles. The lowest BCUT2D eigenvalue weighted by Gasteiger charge is -2.14. The van der Waals surface area contributed by atoms with Crippen molar-refractivity contribution in [2.45, 2.75) is 13.8 Å². The van der Waals surface area contributed by atoms with Crippen molar-refractivity contribution in [3.8, 4) is 28.5 Å². The third-order valence-electron chi connectivity index (χ3n) is 4.09. The molecule has 0 amide bonds. The summed E-state index contributed by atoms with van der Waals surface area (Å²) in [4.78, 5) is 16.4. The SMILES string of the molecule is CCOc1ccc(-c2cc(C(=O)O)c3cccc(OC)c3n2)cc1OCC. The van der Waals surface area contributed by atoms with Gasteiger partial charge in [-0.05, 0) is 44.2 Å². The van der Waals surface area contributed by atoms with E-state index < -0.39 is 5.97 Å². The normalized spacial score (nSPS) is 10.6. The number of nitrogens with zero attached hydrogens (tertiary/aromatic N) is 1. The lowest BCUT2D eigenvalue weighted by Crippen LogP contribution is -2.02. The number of fused-ring (bicyclic) bond motifs is 1. The van der Waals surface area contributed by atoms with Gasteiger partial charge in [-0.1, -0.05) is 12.1 Å². The van der Waals surface area contributed by atoms with Gasteiger partial charge in [-0.2, -0.15) is 0 Å². The number of hydrogen-bond donors (Lipinski definition) is 1. The number of carboxylic acid groups (broad SMARTS) is 1. The van der Waals surface area contributed by atoms with Crippen LogP contribution in [0, 0.1) is 0 Å². The minimum Gasteiger partial charge on any atom is -0.494 e. The smallest absolute Gasteiger partial charge is 0.336 e. The van der Waals surface area contributed by atoms with Gasteiger partial charge in [0.2, 0.25) is 0 Å². The summed E-state index contributed by atoms with van der Waals surface area (Å²) in [6, 6.07) is 12.2. The van der Waals surface area contributed by atoms with Crippen LogP contribution in [0.4, 0.5) is 0 Å². The van der Waals surface area contributed by atoms with Crippen molar-refractivity contribution in [1.82, 2.24) is 4.98 Å². The standard InChI is InChI=1S/C21H21NO5/c1-4-26-17-10-9-13(11-19(17)27-5-2)16-12-15(21(23)24)14-7-6-8-18(25-3)20(14)22-16/h6-12H,4-5H2,1-3H3,(H,23,24). The number of benzene rings is 2. The number of rotatable bonds is 7. The largest absolute Gasteiger partial charge is 0.494 e. The maximum atomic E-state index is 11.8. The van der Waals surface area contributed by atoms with E-state index >= 15 is 0 Å². The summed E-state index contributed by atoms with van der Waals surface area (Å²) < 4.78 is 16.6. The van der Waals surface area contributed by atoms with Crippen molar-refractivity contribution in [3.05, 3.63) is 48.0 Å². The molecule has 27 heavy (non-hydrogen) atoms. The highest BCUT2D eigenvalue weighted by Gasteiger charge is 2.16. The fourth-order valence-electron chi connectivity index (χ4n) is 2.92. The minimum atomic E-state index is -1.02. The molecule has 0 saturated heterocycles. The summed E-state index contributed by atoms with van der Waals surface area (Å²) in [5, 5.41) is 10.2. The zero-order valence-electron chi connectivity index (χ0n) is 15.5. The van der Waals surface area contributed by atoms with Crippen LogP contribution in [-0.2, 0) is 0 Å².